The maximum atomic E-state index is 10.7. The van der Waals surface area contributed by atoms with E-state index in [-0.39, 0.29) is 5.97 Å². The smallest absolute Gasteiger partial charge is 0.307 e. The van der Waals surface area contributed by atoms with Gasteiger partial charge in [0.05, 0.1) is 0 Å². The van der Waals surface area contributed by atoms with Gasteiger partial charge in [-0.3, -0.25) is 4.79 Å². The molecule has 2 nitrogen and oxygen atoms in total. The lowest BCUT2D eigenvalue weighted by atomic mass is 9.74. The van der Waals surface area contributed by atoms with Crippen molar-refractivity contribution in [1.29, 1.82) is 0 Å². The van der Waals surface area contributed by atoms with Crippen LogP contribution in [0.2, 0.25) is 0 Å². The van der Waals surface area contributed by atoms with Gasteiger partial charge in [0.25, 0.3) is 0 Å². The SMILES string of the molecule is CC(=O)OC1=CC[C@H](C(C)(C)C)CC1. The zero-order valence-corrected chi connectivity index (χ0v) is 9.59. The van der Waals surface area contributed by atoms with Gasteiger partial charge in [-0.05, 0) is 30.3 Å². The minimum atomic E-state index is -0.203. The summed E-state index contributed by atoms with van der Waals surface area (Å²) in [4.78, 5) is 10.7. The van der Waals surface area contributed by atoms with Gasteiger partial charge in [-0.15, -0.1) is 0 Å². The Labute approximate surface area is 86.3 Å². The molecule has 14 heavy (non-hydrogen) atoms. The van der Waals surface area contributed by atoms with E-state index in [1.54, 1.807) is 0 Å². The summed E-state index contributed by atoms with van der Waals surface area (Å²) in [5, 5.41) is 0. The summed E-state index contributed by atoms with van der Waals surface area (Å²) in [6.07, 6.45) is 5.14. The second kappa shape index (κ2) is 4.16. The first-order chi connectivity index (χ1) is 6.39. The van der Waals surface area contributed by atoms with Crippen molar-refractivity contribution in [3.63, 3.8) is 0 Å². The Bertz CT molecular complexity index is 246. The monoisotopic (exact) mass is 196 g/mol. The fraction of sp³-hybridized carbons (Fsp3) is 0.750. The lowest BCUT2D eigenvalue weighted by Gasteiger charge is -2.32. The highest BCUT2D eigenvalue weighted by molar-refractivity contribution is 5.67. The molecule has 0 aliphatic heterocycles. The van der Waals surface area contributed by atoms with E-state index < -0.39 is 0 Å². The summed E-state index contributed by atoms with van der Waals surface area (Å²) in [6, 6.07) is 0. The molecule has 0 N–H and O–H groups in total. The molecule has 0 fully saturated rings. The molecule has 0 bridgehead atoms. The van der Waals surface area contributed by atoms with Crippen LogP contribution in [0.4, 0.5) is 0 Å². The quantitative estimate of drug-likeness (QED) is 0.601. The Morgan fingerprint density at radius 3 is 2.50 bits per heavy atom. The van der Waals surface area contributed by atoms with E-state index in [1.165, 1.54) is 6.92 Å². The molecule has 0 saturated carbocycles. The molecule has 1 rings (SSSR count). The molecule has 1 aliphatic rings. The zero-order valence-electron chi connectivity index (χ0n) is 9.59. The number of esters is 1. The van der Waals surface area contributed by atoms with Gasteiger partial charge in [-0.2, -0.15) is 0 Å². The first-order valence-electron chi connectivity index (χ1n) is 5.27. The lowest BCUT2D eigenvalue weighted by Crippen LogP contribution is -2.22. The number of carbonyl (C=O) groups is 1. The largest absolute Gasteiger partial charge is 0.432 e. The van der Waals surface area contributed by atoms with E-state index in [2.05, 4.69) is 26.8 Å². The van der Waals surface area contributed by atoms with Crippen LogP contribution in [0.3, 0.4) is 0 Å². The van der Waals surface area contributed by atoms with Crippen LogP contribution in [-0.2, 0) is 9.53 Å². The second-order valence-electron chi connectivity index (χ2n) is 5.10. The van der Waals surface area contributed by atoms with Crippen molar-refractivity contribution in [2.24, 2.45) is 11.3 Å². The number of rotatable bonds is 1. The van der Waals surface area contributed by atoms with E-state index in [1.807, 2.05) is 0 Å². The van der Waals surface area contributed by atoms with Crippen LogP contribution in [0.5, 0.6) is 0 Å². The normalized spacial score (nSPS) is 22.9. The van der Waals surface area contributed by atoms with Crippen molar-refractivity contribution >= 4 is 5.97 Å². The predicted molar refractivity (Wildman–Crippen MR) is 56.6 cm³/mol. The average molecular weight is 196 g/mol. The summed E-state index contributed by atoms with van der Waals surface area (Å²) in [7, 11) is 0. The molecular formula is C12H20O2. The third kappa shape index (κ3) is 3.17. The van der Waals surface area contributed by atoms with Crippen molar-refractivity contribution in [3.8, 4) is 0 Å². The summed E-state index contributed by atoms with van der Waals surface area (Å²) < 4.78 is 5.07. The number of allylic oxidation sites excluding steroid dienone is 2. The molecule has 0 aromatic heterocycles. The number of hydrogen-bond acceptors (Lipinski definition) is 2. The lowest BCUT2D eigenvalue weighted by molar-refractivity contribution is -0.137. The molecule has 0 unspecified atom stereocenters. The molecule has 0 heterocycles. The maximum absolute atomic E-state index is 10.7. The van der Waals surface area contributed by atoms with Crippen LogP contribution in [0.1, 0.15) is 47.0 Å². The molecule has 1 atom stereocenters. The molecule has 0 aromatic carbocycles. The fourth-order valence-electron chi connectivity index (χ4n) is 1.87. The molecule has 0 amide bonds. The number of hydrogen-bond donors (Lipinski definition) is 0. The Morgan fingerprint density at radius 1 is 1.50 bits per heavy atom. The van der Waals surface area contributed by atoms with E-state index in [0.29, 0.717) is 11.3 Å². The first kappa shape index (κ1) is 11.3. The molecular weight excluding hydrogens is 176 g/mol. The highest BCUT2D eigenvalue weighted by atomic mass is 16.5. The van der Waals surface area contributed by atoms with Gasteiger partial charge in [-0.25, -0.2) is 0 Å². The van der Waals surface area contributed by atoms with E-state index in [9.17, 15) is 4.79 Å². The topological polar surface area (TPSA) is 26.3 Å². The number of ether oxygens (including phenoxy) is 1. The van der Waals surface area contributed by atoms with E-state index in [4.69, 9.17) is 4.74 Å². The minimum absolute atomic E-state index is 0.203. The van der Waals surface area contributed by atoms with Crippen LogP contribution in [0.25, 0.3) is 0 Å². The molecule has 0 saturated heterocycles. The Morgan fingerprint density at radius 2 is 2.14 bits per heavy atom. The van der Waals surface area contributed by atoms with Crippen LogP contribution in [0.15, 0.2) is 11.8 Å². The molecule has 2 heteroatoms. The van der Waals surface area contributed by atoms with Gasteiger partial charge in [0.2, 0.25) is 0 Å². The summed E-state index contributed by atoms with van der Waals surface area (Å²) in [6.45, 7) is 8.25. The third-order valence-electron chi connectivity index (χ3n) is 2.87. The van der Waals surface area contributed by atoms with Gasteiger partial charge >= 0.3 is 5.97 Å². The maximum Gasteiger partial charge on any atom is 0.307 e. The van der Waals surface area contributed by atoms with E-state index in [0.717, 1.165) is 25.0 Å². The van der Waals surface area contributed by atoms with Crippen LogP contribution in [0, 0.1) is 11.3 Å². The summed E-state index contributed by atoms with van der Waals surface area (Å²) >= 11 is 0. The molecule has 0 radical (unpaired) electrons. The Kier molecular flexibility index (Phi) is 3.35. The van der Waals surface area contributed by atoms with Crippen molar-refractivity contribution in [2.45, 2.75) is 47.0 Å². The molecule has 0 aromatic rings. The van der Waals surface area contributed by atoms with Crippen molar-refractivity contribution in [1.82, 2.24) is 0 Å². The standard InChI is InChI=1S/C12H20O2/c1-9(13)14-11-7-5-10(6-8-11)12(2,3)4/h7,10H,5-6,8H2,1-4H3/t10-/m0/s1. The van der Waals surface area contributed by atoms with Crippen LogP contribution in [-0.4, -0.2) is 5.97 Å². The zero-order chi connectivity index (χ0) is 10.8. The van der Waals surface area contributed by atoms with Crippen LogP contribution >= 0.6 is 0 Å². The van der Waals surface area contributed by atoms with Gasteiger partial charge < -0.3 is 4.74 Å². The van der Waals surface area contributed by atoms with Crippen LogP contribution < -0.4 is 0 Å². The summed E-state index contributed by atoms with van der Waals surface area (Å²) in [5.41, 5.74) is 0.359. The first-order valence-corrected chi connectivity index (χ1v) is 5.27. The van der Waals surface area contributed by atoms with Gasteiger partial charge in [0.15, 0.2) is 0 Å². The van der Waals surface area contributed by atoms with Crippen molar-refractivity contribution in [2.75, 3.05) is 0 Å². The molecule has 0 spiro atoms. The highest BCUT2D eigenvalue weighted by Crippen LogP contribution is 2.37. The van der Waals surface area contributed by atoms with Crippen molar-refractivity contribution < 1.29 is 9.53 Å². The van der Waals surface area contributed by atoms with E-state index >= 15 is 0 Å². The third-order valence-corrected chi connectivity index (χ3v) is 2.87. The Balaban J connectivity index is 2.51. The fourth-order valence-corrected chi connectivity index (χ4v) is 1.87. The minimum Gasteiger partial charge on any atom is -0.432 e. The number of carbonyl (C=O) groups excluding carboxylic acids is 1. The van der Waals surface area contributed by atoms with Gasteiger partial charge in [0, 0.05) is 13.3 Å². The second-order valence-corrected chi connectivity index (χ2v) is 5.10. The average Bonchev–Trinajstić information content (AvgIpc) is 2.02. The Hall–Kier alpha value is -0.790. The summed E-state index contributed by atoms with van der Waals surface area (Å²) in [5.74, 6) is 1.37. The molecule has 80 valence electrons. The van der Waals surface area contributed by atoms with Gasteiger partial charge in [-0.1, -0.05) is 20.8 Å². The van der Waals surface area contributed by atoms with Gasteiger partial charge in [0.1, 0.15) is 5.76 Å². The molecule has 1 aliphatic carbocycles. The van der Waals surface area contributed by atoms with Crippen molar-refractivity contribution in [3.05, 3.63) is 11.8 Å². The predicted octanol–water partition coefficient (Wildman–Crippen LogP) is 3.28. The highest BCUT2D eigenvalue weighted by Gasteiger charge is 2.26.